The van der Waals surface area contributed by atoms with E-state index in [-0.39, 0.29) is 5.91 Å². The van der Waals surface area contributed by atoms with Gasteiger partial charge in [0.1, 0.15) is 5.69 Å². The first-order chi connectivity index (χ1) is 7.66. The second-order valence-corrected chi connectivity index (χ2v) is 3.71. The van der Waals surface area contributed by atoms with E-state index in [0.717, 1.165) is 5.56 Å². The van der Waals surface area contributed by atoms with Crippen molar-refractivity contribution in [3.8, 4) is 0 Å². The third-order valence-corrected chi connectivity index (χ3v) is 2.39. The van der Waals surface area contributed by atoms with E-state index in [1.54, 1.807) is 21.5 Å². The molecule has 84 valence electrons. The summed E-state index contributed by atoms with van der Waals surface area (Å²) in [4.78, 5) is 11.7. The van der Waals surface area contributed by atoms with Gasteiger partial charge in [-0.1, -0.05) is 0 Å². The Bertz CT molecular complexity index is 498. The molecule has 0 aromatic carbocycles. The Hall–Kier alpha value is -2.04. The molecule has 0 radical (unpaired) electrons. The summed E-state index contributed by atoms with van der Waals surface area (Å²) in [5.74, 6) is -0.0728. The Morgan fingerprint density at radius 1 is 1.50 bits per heavy atom. The van der Waals surface area contributed by atoms with E-state index in [4.69, 9.17) is 0 Å². The van der Waals surface area contributed by atoms with Crippen LogP contribution in [0.15, 0.2) is 30.7 Å². The van der Waals surface area contributed by atoms with E-state index >= 15 is 0 Å². The van der Waals surface area contributed by atoms with Gasteiger partial charge in [0, 0.05) is 38.6 Å². The zero-order valence-electron chi connectivity index (χ0n) is 9.34. The van der Waals surface area contributed by atoms with Crippen LogP contribution in [0.5, 0.6) is 0 Å². The third kappa shape index (κ3) is 2.13. The monoisotopic (exact) mass is 218 g/mol. The summed E-state index contributed by atoms with van der Waals surface area (Å²) in [6.45, 7) is 0.498. The van der Waals surface area contributed by atoms with E-state index in [1.807, 2.05) is 32.6 Å². The maximum Gasteiger partial charge on any atom is 0.268 e. The van der Waals surface area contributed by atoms with E-state index in [0.29, 0.717) is 12.2 Å². The van der Waals surface area contributed by atoms with Crippen molar-refractivity contribution in [3.05, 3.63) is 42.0 Å². The standard InChI is InChI=1S/C11H14N4O/c1-14-5-3-4-10(14)11(16)12-6-9-7-13-15(2)8-9/h3-5,7-8H,6H2,1-2H3,(H,12,16). The van der Waals surface area contributed by atoms with Gasteiger partial charge in [0.05, 0.1) is 6.20 Å². The number of amides is 1. The second kappa shape index (κ2) is 4.22. The van der Waals surface area contributed by atoms with Crippen LogP contribution in [-0.2, 0) is 20.6 Å². The average Bonchev–Trinajstić information content (AvgIpc) is 2.84. The van der Waals surface area contributed by atoms with Crippen LogP contribution in [0.25, 0.3) is 0 Å². The predicted molar refractivity (Wildman–Crippen MR) is 59.8 cm³/mol. The van der Waals surface area contributed by atoms with Crippen LogP contribution in [0.3, 0.4) is 0 Å². The van der Waals surface area contributed by atoms with Gasteiger partial charge < -0.3 is 9.88 Å². The van der Waals surface area contributed by atoms with Gasteiger partial charge in [-0.05, 0) is 12.1 Å². The maximum absolute atomic E-state index is 11.7. The maximum atomic E-state index is 11.7. The molecule has 2 rings (SSSR count). The SMILES string of the molecule is Cn1cc(CNC(=O)c2cccn2C)cn1. The molecule has 0 fully saturated rings. The van der Waals surface area contributed by atoms with Crippen LogP contribution in [0.2, 0.25) is 0 Å². The van der Waals surface area contributed by atoms with Crippen LogP contribution in [-0.4, -0.2) is 20.3 Å². The van der Waals surface area contributed by atoms with Gasteiger partial charge in [0.15, 0.2) is 0 Å². The van der Waals surface area contributed by atoms with Crippen molar-refractivity contribution >= 4 is 5.91 Å². The minimum absolute atomic E-state index is 0.0728. The van der Waals surface area contributed by atoms with Gasteiger partial charge in [-0.3, -0.25) is 9.48 Å². The number of rotatable bonds is 3. The lowest BCUT2D eigenvalue weighted by molar-refractivity contribution is 0.0943. The van der Waals surface area contributed by atoms with Gasteiger partial charge in [-0.2, -0.15) is 5.10 Å². The molecule has 0 bridgehead atoms. The van der Waals surface area contributed by atoms with Gasteiger partial charge in [0.2, 0.25) is 0 Å². The van der Waals surface area contributed by atoms with Crippen molar-refractivity contribution in [3.63, 3.8) is 0 Å². The fourth-order valence-corrected chi connectivity index (χ4v) is 1.53. The molecule has 2 heterocycles. The first-order valence-electron chi connectivity index (χ1n) is 5.04. The Balaban J connectivity index is 1.96. The molecule has 5 heteroatoms. The fourth-order valence-electron chi connectivity index (χ4n) is 1.53. The van der Waals surface area contributed by atoms with E-state index in [9.17, 15) is 4.79 Å². The summed E-state index contributed by atoms with van der Waals surface area (Å²) < 4.78 is 3.50. The number of nitrogens with zero attached hydrogens (tertiary/aromatic N) is 3. The van der Waals surface area contributed by atoms with Crippen molar-refractivity contribution in [2.75, 3.05) is 0 Å². The van der Waals surface area contributed by atoms with Crippen LogP contribution < -0.4 is 5.32 Å². The normalized spacial score (nSPS) is 10.4. The number of hydrogen-bond acceptors (Lipinski definition) is 2. The molecule has 0 aliphatic carbocycles. The molecule has 0 unspecified atom stereocenters. The summed E-state index contributed by atoms with van der Waals surface area (Å²) in [5.41, 5.74) is 1.65. The lowest BCUT2D eigenvalue weighted by Crippen LogP contribution is -2.24. The Morgan fingerprint density at radius 2 is 2.31 bits per heavy atom. The second-order valence-electron chi connectivity index (χ2n) is 3.71. The molecular weight excluding hydrogens is 204 g/mol. The molecule has 0 spiro atoms. The first-order valence-corrected chi connectivity index (χ1v) is 5.04. The van der Waals surface area contributed by atoms with Crippen LogP contribution >= 0.6 is 0 Å². The van der Waals surface area contributed by atoms with Gasteiger partial charge in [-0.25, -0.2) is 0 Å². The van der Waals surface area contributed by atoms with Gasteiger partial charge in [-0.15, -0.1) is 0 Å². The Kier molecular flexibility index (Phi) is 2.76. The first kappa shape index (κ1) is 10.5. The van der Waals surface area contributed by atoms with Crippen LogP contribution in [0, 0.1) is 0 Å². The molecule has 0 aliphatic rings. The average molecular weight is 218 g/mol. The molecule has 5 nitrogen and oxygen atoms in total. The van der Waals surface area contributed by atoms with Crippen molar-refractivity contribution in [2.45, 2.75) is 6.54 Å². The van der Waals surface area contributed by atoms with E-state index < -0.39 is 0 Å². The molecule has 2 aromatic rings. The lowest BCUT2D eigenvalue weighted by Gasteiger charge is -2.04. The largest absolute Gasteiger partial charge is 0.347 e. The zero-order chi connectivity index (χ0) is 11.5. The molecule has 0 saturated heterocycles. The Labute approximate surface area is 93.7 Å². The Morgan fingerprint density at radius 3 is 2.88 bits per heavy atom. The summed E-state index contributed by atoms with van der Waals surface area (Å²) in [6, 6.07) is 3.64. The summed E-state index contributed by atoms with van der Waals surface area (Å²) >= 11 is 0. The summed E-state index contributed by atoms with van der Waals surface area (Å²) in [5, 5.41) is 6.88. The zero-order valence-corrected chi connectivity index (χ0v) is 9.34. The van der Waals surface area contributed by atoms with Crippen molar-refractivity contribution < 1.29 is 4.79 Å². The third-order valence-electron chi connectivity index (χ3n) is 2.39. The van der Waals surface area contributed by atoms with Crippen LogP contribution in [0.4, 0.5) is 0 Å². The molecule has 1 amide bonds. The van der Waals surface area contributed by atoms with E-state index in [1.165, 1.54) is 0 Å². The van der Waals surface area contributed by atoms with Crippen molar-refractivity contribution in [1.29, 1.82) is 0 Å². The minimum atomic E-state index is -0.0728. The molecule has 1 N–H and O–H groups in total. The number of nitrogens with one attached hydrogen (secondary N) is 1. The van der Waals surface area contributed by atoms with Crippen molar-refractivity contribution in [1.82, 2.24) is 19.7 Å². The smallest absolute Gasteiger partial charge is 0.268 e. The van der Waals surface area contributed by atoms with E-state index in [2.05, 4.69) is 10.4 Å². The molecule has 0 atom stereocenters. The topological polar surface area (TPSA) is 51.9 Å². The summed E-state index contributed by atoms with van der Waals surface area (Å²) in [7, 11) is 3.70. The molecule has 2 aromatic heterocycles. The quantitative estimate of drug-likeness (QED) is 0.824. The highest BCUT2D eigenvalue weighted by molar-refractivity contribution is 5.92. The number of aryl methyl sites for hydroxylation is 2. The molecule has 16 heavy (non-hydrogen) atoms. The number of carbonyl (C=O) groups excluding carboxylic acids is 1. The highest BCUT2D eigenvalue weighted by atomic mass is 16.1. The van der Waals surface area contributed by atoms with Gasteiger partial charge >= 0.3 is 0 Å². The molecular formula is C11H14N4O. The lowest BCUT2D eigenvalue weighted by atomic mass is 10.3. The predicted octanol–water partition coefficient (Wildman–Crippen LogP) is 0.689. The fraction of sp³-hybridized carbons (Fsp3) is 0.273. The number of aromatic nitrogens is 3. The minimum Gasteiger partial charge on any atom is -0.347 e. The number of hydrogen-bond donors (Lipinski definition) is 1. The van der Waals surface area contributed by atoms with Crippen LogP contribution in [0.1, 0.15) is 16.1 Å². The summed E-state index contributed by atoms with van der Waals surface area (Å²) in [6.07, 6.45) is 5.47. The molecule has 0 saturated carbocycles. The highest BCUT2D eigenvalue weighted by Gasteiger charge is 2.08. The van der Waals surface area contributed by atoms with Gasteiger partial charge in [0.25, 0.3) is 5.91 Å². The molecule has 0 aliphatic heterocycles. The number of carbonyl (C=O) groups is 1. The van der Waals surface area contributed by atoms with Crippen molar-refractivity contribution in [2.24, 2.45) is 14.1 Å². The highest BCUT2D eigenvalue weighted by Crippen LogP contribution is 2.01.